The summed E-state index contributed by atoms with van der Waals surface area (Å²) >= 11 is 0. The van der Waals surface area contributed by atoms with Crippen LogP contribution in [0.15, 0.2) is 18.2 Å². The van der Waals surface area contributed by atoms with Crippen LogP contribution in [0.4, 0.5) is 0 Å². The summed E-state index contributed by atoms with van der Waals surface area (Å²) < 4.78 is 11.0. The summed E-state index contributed by atoms with van der Waals surface area (Å²) in [6.07, 6.45) is 2.23. The van der Waals surface area contributed by atoms with E-state index in [4.69, 9.17) is 9.47 Å². The van der Waals surface area contributed by atoms with Crippen LogP contribution in [-0.4, -0.2) is 20.3 Å². The van der Waals surface area contributed by atoms with Gasteiger partial charge < -0.3 is 14.8 Å². The lowest BCUT2D eigenvalue weighted by Crippen LogP contribution is -2.30. The fourth-order valence-corrected chi connectivity index (χ4v) is 2.20. The molecule has 0 saturated carbocycles. The molecule has 1 aliphatic rings. The van der Waals surface area contributed by atoms with Gasteiger partial charge in [-0.2, -0.15) is 0 Å². The molecule has 1 N–H and O–H groups in total. The van der Waals surface area contributed by atoms with Crippen LogP contribution in [0.25, 0.3) is 0 Å². The Balaban J connectivity index is 2.10. The van der Waals surface area contributed by atoms with E-state index in [-0.39, 0.29) is 0 Å². The molecule has 0 radical (unpaired) electrons. The highest BCUT2D eigenvalue weighted by Crippen LogP contribution is 2.34. The Kier molecular flexibility index (Phi) is 4.48. The summed E-state index contributed by atoms with van der Waals surface area (Å²) in [5, 5.41) is 3.64. The molecule has 0 aliphatic carbocycles. The fourth-order valence-electron chi connectivity index (χ4n) is 2.20. The Morgan fingerprint density at radius 1 is 1.50 bits per heavy atom. The highest BCUT2D eigenvalue weighted by molar-refractivity contribution is 5.43. The van der Waals surface area contributed by atoms with Gasteiger partial charge in [0, 0.05) is 18.0 Å². The van der Waals surface area contributed by atoms with Crippen molar-refractivity contribution in [2.45, 2.75) is 32.7 Å². The van der Waals surface area contributed by atoms with Crippen molar-refractivity contribution < 1.29 is 9.47 Å². The van der Waals surface area contributed by atoms with Crippen molar-refractivity contribution in [1.82, 2.24) is 5.32 Å². The molecule has 0 bridgehead atoms. The Hall–Kier alpha value is -1.22. The SMILES string of the molecule is CCC(C)CNC1CCOc2ccc(OC)cc21. The van der Waals surface area contributed by atoms with Gasteiger partial charge in [-0.05, 0) is 30.7 Å². The Bertz CT molecular complexity index is 392. The van der Waals surface area contributed by atoms with Crippen LogP contribution >= 0.6 is 0 Å². The van der Waals surface area contributed by atoms with E-state index in [2.05, 4.69) is 25.2 Å². The molecule has 0 saturated heterocycles. The van der Waals surface area contributed by atoms with Gasteiger partial charge in [0.15, 0.2) is 0 Å². The molecule has 1 heterocycles. The van der Waals surface area contributed by atoms with Gasteiger partial charge in [-0.3, -0.25) is 0 Å². The predicted octanol–water partition coefficient (Wildman–Crippen LogP) is 3.15. The Morgan fingerprint density at radius 2 is 2.33 bits per heavy atom. The van der Waals surface area contributed by atoms with Crippen LogP contribution < -0.4 is 14.8 Å². The molecule has 0 aromatic heterocycles. The first-order chi connectivity index (χ1) is 8.74. The van der Waals surface area contributed by atoms with Gasteiger partial charge in [0.05, 0.1) is 13.7 Å². The zero-order chi connectivity index (χ0) is 13.0. The molecule has 1 aliphatic heterocycles. The predicted molar refractivity (Wildman–Crippen MR) is 73.3 cm³/mol. The maximum atomic E-state index is 5.69. The quantitative estimate of drug-likeness (QED) is 0.869. The first-order valence-electron chi connectivity index (χ1n) is 6.78. The zero-order valence-electron chi connectivity index (χ0n) is 11.5. The van der Waals surface area contributed by atoms with E-state index in [1.165, 1.54) is 12.0 Å². The van der Waals surface area contributed by atoms with Gasteiger partial charge in [0.2, 0.25) is 0 Å². The van der Waals surface area contributed by atoms with E-state index in [9.17, 15) is 0 Å². The molecule has 0 spiro atoms. The zero-order valence-corrected chi connectivity index (χ0v) is 11.5. The first kappa shape index (κ1) is 13.2. The van der Waals surface area contributed by atoms with E-state index in [1.54, 1.807) is 7.11 Å². The van der Waals surface area contributed by atoms with E-state index in [1.807, 2.05) is 12.1 Å². The average Bonchev–Trinajstić information content (AvgIpc) is 2.43. The number of hydrogen-bond donors (Lipinski definition) is 1. The maximum absolute atomic E-state index is 5.69. The van der Waals surface area contributed by atoms with Crippen LogP contribution in [-0.2, 0) is 0 Å². The van der Waals surface area contributed by atoms with Gasteiger partial charge in [-0.1, -0.05) is 20.3 Å². The van der Waals surface area contributed by atoms with Crippen molar-refractivity contribution in [3.05, 3.63) is 23.8 Å². The summed E-state index contributed by atoms with van der Waals surface area (Å²) in [6.45, 7) is 6.35. The summed E-state index contributed by atoms with van der Waals surface area (Å²) in [4.78, 5) is 0. The van der Waals surface area contributed by atoms with Crippen molar-refractivity contribution >= 4 is 0 Å². The van der Waals surface area contributed by atoms with Gasteiger partial charge in [0.1, 0.15) is 11.5 Å². The molecule has 2 rings (SSSR count). The monoisotopic (exact) mass is 249 g/mol. The third kappa shape index (κ3) is 2.96. The molecule has 2 atom stereocenters. The van der Waals surface area contributed by atoms with Gasteiger partial charge >= 0.3 is 0 Å². The largest absolute Gasteiger partial charge is 0.497 e. The minimum absolute atomic E-state index is 0.387. The molecule has 3 heteroatoms. The lowest BCUT2D eigenvalue weighted by molar-refractivity contribution is 0.248. The van der Waals surface area contributed by atoms with Crippen LogP contribution in [0.2, 0.25) is 0 Å². The molecule has 100 valence electrons. The van der Waals surface area contributed by atoms with E-state index < -0.39 is 0 Å². The van der Waals surface area contributed by atoms with Crippen molar-refractivity contribution in [3.8, 4) is 11.5 Å². The van der Waals surface area contributed by atoms with Crippen molar-refractivity contribution in [2.75, 3.05) is 20.3 Å². The van der Waals surface area contributed by atoms with Crippen molar-refractivity contribution in [1.29, 1.82) is 0 Å². The molecular formula is C15H23NO2. The summed E-state index contributed by atoms with van der Waals surface area (Å²) in [5.41, 5.74) is 1.23. The third-order valence-electron chi connectivity index (χ3n) is 3.67. The number of rotatable bonds is 5. The molecule has 18 heavy (non-hydrogen) atoms. The average molecular weight is 249 g/mol. The maximum Gasteiger partial charge on any atom is 0.124 e. The minimum Gasteiger partial charge on any atom is -0.497 e. The molecule has 3 nitrogen and oxygen atoms in total. The highest BCUT2D eigenvalue weighted by atomic mass is 16.5. The second kappa shape index (κ2) is 6.10. The standard InChI is InChI=1S/C15H23NO2/c1-4-11(2)10-16-14-7-8-18-15-6-5-12(17-3)9-13(14)15/h5-6,9,11,14,16H,4,7-8,10H2,1-3H3. The third-order valence-corrected chi connectivity index (χ3v) is 3.67. The van der Waals surface area contributed by atoms with Crippen LogP contribution in [0.3, 0.4) is 0 Å². The lowest BCUT2D eigenvalue weighted by Gasteiger charge is -2.28. The molecular weight excluding hydrogens is 226 g/mol. The van der Waals surface area contributed by atoms with Crippen LogP contribution in [0.1, 0.15) is 38.3 Å². The normalized spacial score (nSPS) is 19.8. The topological polar surface area (TPSA) is 30.5 Å². The molecule has 2 unspecified atom stereocenters. The van der Waals surface area contributed by atoms with E-state index >= 15 is 0 Å². The van der Waals surface area contributed by atoms with Crippen molar-refractivity contribution in [3.63, 3.8) is 0 Å². The number of hydrogen-bond acceptors (Lipinski definition) is 3. The molecule has 0 fully saturated rings. The van der Waals surface area contributed by atoms with E-state index in [0.29, 0.717) is 12.0 Å². The molecule has 1 aromatic rings. The number of benzene rings is 1. The molecule has 0 amide bonds. The number of fused-ring (bicyclic) bond motifs is 1. The number of ether oxygens (including phenoxy) is 2. The Labute approximate surface area is 109 Å². The van der Waals surface area contributed by atoms with Gasteiger partial charge in [0.25, 0.3) is 0 Å². The highest BCUT2D eigenvalue weighted by Gasteiger charge is 2.21. The van der Waals surface area contributed by atoms with Crippen LogP contribution in [0, 0.1) is 5.92 Å². The Morgan fingerprint density at radius 3 is 3.06 bits per heavy atom. The number of nitrogens with one attached hydrogen (secondary N) is 1. The summed E-state index contributed by atoms with van der Waals surface area (Å²) in [7, 11) is 1.70. The van der Waals surface area contributed by atoms with Gasteiger partial charge in [-0.15, -0.1) is 0 Å². The van der Waals surface area contributed by atoms with Gasteiger partial charge in [-0.25, -0.2) is 0 Å². The second-order valence-electron chi connectivity index (χ2n) is 5.02. The van der Waals surface area contributed by atoms with Crippen LogP contribution in [0.5, 0.6) is 11.5 Å². The smallest absolute Gasteiger partial charge is 0.124 e. The van der Waals surface area contributed by atoms with E-state index in [0.717, 1.165) is 31.1 Å². The summed E-state index contributed by atoms with van der Waals surface area (Å²) in [5.74, 6) is 2.60. The fraction of sp³-hybridized carbons (Fsp3) is 0.600. The lowest BCUT2D eigenvalue weighted by atomic mass is 9.99. The summed E-state index contributed by atoms with van der Waals surface area (Å²) in [6, 6.07) is 6.43. The first-order valence-corrected chi connectivity index (χ1v) is 6.78. The van der Waals surface area contributed by atoms with Crippen molar-refractivity contribution in [2.24, 2.45) is 5.92 Å². The number of methoxy groups -OCH3 is 1. The second-order valence-corrected chi connectivity index (χ2v) is 5.02. The minimum atomic E-state index is 0.387. The molecule has 1 aromatic carbocycles.